The Bertz CT molecular complexity index is 76.0. The second kappa shape index (κ2) is 5.65. The number of hydrogen-bond donors (Lipinski definition) is 2. The fourth-order valence-electron chi connectivity index (χ4n) is 0.825. The first kappa shape index (κ1) is 9.88. The lowest BCUT2D eigenvalue weighted by atomic mass is 10.1. The van der Waals surface area contributed by atoms with E-state index in [0.717, 1.165) is 6.42 Å². The Labute approximate surface area is 62.2 Å². The molecule has 3 N–H and O–H groups in total. The van der Waals surface area contributed by atoms with Gasteiger partial charge in [0.1, 0.15) is 0 Å². The second-order valence-corrected chi connectivity index (χ2v) is 2.63. The minimum absolute atomic E-state index is 0.0694. The quantitative estimate of drug-likeness (QED) is 0.580. The highest BCUT2D eigenvalue weighted by Gasteiger charge is 2.04. The Morgan fingerprint density at radius 1 is 1.60 bits per heavy atom. The van der Waals surface area contributed by atoms with E-state index in [0.29, 0.717) is 13.0 Å². The lowest BCUT2D eigenvalue weighted by Gasteiger charge is -2.11. The molecule has 2 atom stereocenters. The highest BCUT2D eigenvalue weighted by molar-refractivity contribution is 4.63. The molecule has 62 valence electrons. The molecule has 0 bridgehead atoms. The van der Waals surface area contributed by atoms with Crippen LogP contribution in [-0.2, 0) is 4.74 Å². The average Bonchev–Trinajstić information content (AvgIpc) is 1.82. The molecule has 3 heteroatoms. The molecule has 10 heavy (non-hydrogen) atoms. The molecule has 2 unspecified atom stereocenters. The molecule has 0 saturated carbocycles. The van der Waals surface area contributed by atoms with Gasteiger partial charge in [-0.1, -0.05) is 0 Å². The van der Waals surface area contributed by atoms with Crippen molar-refractivity contribution in [3.63, 3.8) is 0 Å². The van der Waals surface area contributed by atoms with E-state index in [2.05, 4.69) is 0 Å². The summed E-state index contributed by atoms with van der Waals surface area (Å²) in [6.07, 6.45) is 1.18. The van der Waals surface area contributed by atoms with Crippen LogP contribution in [0.3, 0.4) is 0 Å². The van der Waals surface area contributed by atoms with E-state index in [1.807, 2.05) is 0 Å². The Morgan fingerprint density at radius 2 is 2.20 bits per heavy atom. The zero-order valence-corrected chi connectivity index (χ0v) is 6.71. The SMILES string of the molecule is COCCC(N)CC(C)O. The molecule has 0 spiro atoms. The van der Waals surface area contributed by atoms with Crippen molar-refractivity contribution in [2.45, 2.75) is 31.9 Å². The summed E-state index contributed by atoms with van der Waals surface area (Å²) in [6.45, 7) is 2.42. The monoisotopic (exact) mass is 147 g/mol. The Balaban J connectivity index is 3.16. The van der Waals surface area contributed by atoms with Crippen molar-refractivity contribution in [1.29, 1.82) is 0 Å². The van der Waals surface area contributed by atoms with Gasteiger partial charge < -0.3 is 15.6 Å². The molecule has 0 fully saturated rings. The van der Waals surface area contributed by atoms with Gasteiger partial charge in [-0.05, 0) is 19.8 Å². The van der Waals surface area contributed by atoms with Crippen molar-refractivity contribution in [2.24, 2.45) is 5.73 Å². The molecule has 0 radical (unpaired) electrons. The third kappa shape index (κ3) is 6.01. The lowest BCUT2D eigenvalue weighted by molar-refractivity contribution is 0.152. The van der Waals surface area contributed by atoms with Crippen LogP contribution in [0.25, 0.3) is 0 Å². The maximum Gasteiger partial charge on any atom is 0.0526 e. The molecule has 0 aromatic rings. The number of hydrogen-bond acceptors (Lipinski definition) is 3. The molecular formula is C7H17NO2. The Morgan fingerprint density at radius 3 is 2.60 bits per heavy atom. The van der Waals surface area contributed by atoms with E-state index in [1.54, 1.807) is 14.0 Å². The van der Waals surface area contributed by atoms with Gasteiger partial charge in [0.25, 0.3) is 0 Å². The fraction of sp³-hybridized carbons (Fsp3) is 1.00. The standard InChI is InChI=1S/C7H17NO2/c1-6(9)5-7(8)3-4-10-2/h6-7,9H,3-5,8H2,1-2H3. The van der Waals surface area contributed by atoms with Crippen LogP contribution >= 0.6 is 0 Å². The predicted octanol–water partition coefficient (Wildman–Crippen LogP) is 0.121. The van der Waals surface area contributed by atoms with Gasteiger partial charge in [0.2, 0.25) is 0 Å². The maximum atomic E-state index is 8.90. The minimum atomic E-state index is -0.299. The molecule has 0 amide bonds. The third-order valence-electron chi connectivity index (χ3n) is 1.34. The van der Waals surface area contributed by atoms with E-state index in [9.17, 15) is 0 Å². The molecular weight excluding hydrogens is 130 g/mol. The summed E-state index contributed by atoms with van der Waals surface area (Å²) in [6, 6.07) is 0.0694. The van der Waals surface area contributed by atoms with Crippen LogP contribution in [0.5, 0.6) is 0 Å². The average molecular weight is 147 g/mol. The van der Waals surface area contributed by atoms with Crippen LogP contribution < -0.4 is 5.73 Å². The van der Waals surface area contributed by atoms with E-state index in [4.69, 9.17) is 15.6 Å². The normalized spacial score (nSPS) is 16.8. The zero-order chi connectivity index (χ0) is 7.98. The van der Waals surface area contributed by atoms with Gasteiger partial charge in [-0.3, -0.25) is 0 Å². The number of rotatable bonds is 5. The first-order chi connectivity index (χ1) is 4.66. The highest BCUT2D eigenvalue weighted by atomic mass is 16.5. The van der Waals surface area contributed by atoms with Crippen LogP contribution in [0.1, 0.15) is 19.8 Å². The van der Waals surface area contributed by atoms with Crippen molar-refractivity contribution in [3.8, 4) is 0 Å². The Hall–Kier alpha value is -0.120. The summed E-state index contributed by atoms with van der Waals surface area (Å²) in [5, 5.41) is 8.90. The van der Waals surface area contributed by atoms with Crippen LogP contribution in [0.4, 0.5) is 0 Å². The summed E-state index contributed by atoms with van der Waals surface area (Å²) in [5.41, 5.74) is 5.62. The van der Waals surface area contributed by atoms with Gasteiger partial charge in [-0.25, -0.2) is 0 Å². The van der Waals surface area contributed by atoms with Crippen LogP contribution in [0, 0.1) is 0 Å². The number of aliphatic hydroxyl groups excluding tert-OH is 1. The number of methoxy groups -OCH3 is 1. The first-order valence-electron chi connectivity index (χ1n) is 3.59. The van der Waals surface area contributed by atoms with Gasteiger partial charge in [-0.15, -0.1) is 0 Å². The van der Waals surface area contributed by atoms with Gasteiger partial charge in [-0.2, -0.15) is 0 Å². The Kier molecular flexibility index (Phi) is 5.58. The summed E-state index contributed by atoms with van der Waals surface area (Å²) < 4.78 is 4.83. The molecule has 3 nitrogen and oxygen atoms in total. The van der Waals surface area contributed by atoms with E-state index in [1.165, 1.54) is 0 Å². The van der Waals surface area contributed by atoms with Gasteiger partial charge in [0, 0.05) is 19.8 Å². The van der Waals surface area contributed by atoms with Crippen molar-refractivity contribution in [1.82, 2.24) is 0 Å². The van der Waals surface area contributed by atoms with E-state index < -0.39 is 0 Å². The molecule has 0 heterocycles. The smallest absolute Gasteiger partial charge is 0.0526 e. The molecule has 0 aliphatic heterocycles. The lowest BCUT2D eigenvalue weighted by Crippen LogP contribution is -2.26. The zero-order valence-electron chi connectivity index (χ0n) is 6.71. The molecule has 0 aromatic carbocycles. The number of ether oxygens (including phenoxy) is 1. The topological polar surface area (TPSA) is 55.5 Å². The van der Waals surface area contributed by atoms with Crippen molar-refractivity contribution in [3.05, 3.63) is 0 Å². The predicted molar refractivity (Wildman–Crippen MR) is 40.8 cm³/mol. The van der Waals surface area contributed by atoms with Crippen molar-refractivity contribution in [2.75, 3.05) is 13.7 Å². The minimum Gasteiger partial charge on any atom is -0.393 e. The van der Waals surface area contributed by atoms with Gasteiger partial charge in [0.05, 0.1) is 6.10 Å². The van der Waals surface area contributed by atoms with Crippen LogP contribution in [0.2, 0.25) is 0 Å². The number of nitrogens with two attached hydrogens (primary N) is 1. The summed E-state index contributed by atoms with van der Waals surface area (Å²) in [7, 11) is 1.65. The number of aliphatic hydroxyl groups is 1. The van der Waals surface area contributed by atoms with Crippen LogP contribution in [-0.4, -0.2) is 31.0 Å². The first-order valence-corrected chi connectivity index (χ1v) is 3.59. The highest BCUT2D eigenvalue weighted by Crippen LogP contribution is 1.98. The molecule has 0 aromatic heterocycles. The summed E-state index contributed by atoms with van der Waals surface area (Å²) in [5.74, 6) is 0. The molecule has 0 saturated heterocycles. The molecule has 0 rings (SSSR count). The summed E-state index contributed by atoms with van der Waals surface area (Å²) in [4.78, 5) is 0. The largest absolute Gasteiger partial charge is 0.393 e. The summed E-state index contributed by atoms with van der Waals surface area (Å²) >= 11 is 0. The second-order valence-electron chi connectivity index (χ2n) is 2.63. The maximum absolute atomic E-state index is 8.90. The van der Waals surface area contributed by atoms with E-state index >= 15 is 0 Å². The van der Waals surface area contributed by atoms with Gasteiger partial charge >= 0.3 is 0 Å². The van der Waals surface area contributed by atoms with E-state index in [-0.39, 0.29) is 12.1 Å². The van der Waals surface area contributed by atoms with Crippen molar-refractivity contribution >= 4 is 0 Å². The van der Waals surface area contributed by atoms with Crippen LogP contribution in [0.15, 0.2) is 0 Å². The molecule has 0 aliphatic carbocycles. The third-order valence-corrected chi connectivity index (χ3v) is 1.34. The van der Waals surface area contributed by atoms with Gasteiger partial charge in [0.15, 0.2) is 0 Å². The fourth-order valence-corrected chi connectivity index (χ4v) is 0.825. The van der Waals surface area contributed by atoms with Crippen molar-refractivity contribution < 1.29 is 9.84 Å². The molecule has 0 aliphatic rings.